The lowest BCUT2D eigenvalue weighted by atomic mass is 10.1. The molecule has 0 unspecified atom stereocenters. The Morgan fingerprint density at radius 1 is 1.26 bits per heavy atom. The Morgan fingerprint density at radius 3 is 2.61 bits per heavy atom. The minimum atomic E-state index is -0.408. The number of piperidine rings is 1. The van der Waals surface area contributed by atoms with E-state index in [4.69, 9.17) is 16.3 Å². The summed E-state index contributed by atoms with van der Waals surface area (Å²) in [6.45, 7) is 1.10. The Kier molecular flexibility index (Phi) is 4.71. The smallest absolute Gasteiger partial charge is 0.316 e. The maximum absolute atomic E-state index is 13.2. The van der Waals surface area contributed by atoms with Crippen molar-refractivity contribution in [1.82, 2.24) is 14.9 Å². The first-order valence-corrected chi connectivity index (χ1v) is 7.68. The van der Waals surface area contributed by atoms with Crippen LogP contribution in [0.1, 0.15) is 23.2 Å². The lowest BCUT2D eigenvalue weighted by Gasteiger charge is -2.31. The second-order valence-electron chi connectivity index (χ2n) is 5.30. The van der Waals surface area contributed by atoms with Gasteiger partial charge in [-0.05, 0) is 18.2 Å². The van der Waals surface area contributed by atoms with Crippen LogP contribution in [0.25, 0.3) is 0 Å². The van der Waals surface area contributed by atoms with Crippen LogP contribution in [0.15, 0.2) is 36.7 Å². The second kappa shape index (κ2) is 6.91. The molecular formula is C16H15ClFN3O2. The number of halogens is 2. The van der Waals surface area contributed by atoms with Crippen LogP contribution in [0.5, 0.6) is 6.01 Å². The number of benzene rings is 1. The van der Waals surface area contributed by atoms with Crippen LogP contribution in [-0.4, -0.2) is 40.0 Å². The fourth-order valence-corrected chi connectivity index (χ4v) is 2.59. The van der Waals surface area contributed by atoms with Gasteiger partial charge in [-0.15, -0.1) is 0 Å². The minimum absolute atomic E-state index is 0.0484. The van der Waals surface area contributed by atoms with Crippen molar-refractivity contribution in [3.05, 3.63) is 53.1 Å². The number of nitrogens with zero attached hydrogens (tertiary/aromatic N) is 3. The van der Waals surface area contributed by atoms with Gasteiger partial charge in [0.25, 0.3) is 5.91 Å². The van der Waals surface area contributed by atoms with Crippen molar-refractivity contribution < 1.29 is 13.9 Å². The largest absolute Gasteiger partial charge is 0.460 e. The van der Waals surface area contributed by atoms with Crippen LogP contribution in [-0.2, 0) is 0 Å². The molecule has 3 rings (SSSR count). The zero-order valence-electron chi connectivity index (χ0n) is 12.3. The topological polar surface area (TPSA) is 55.3 Å². The molecule has 2 aromatic rings. The standard InChI is InChI=1S/C16H15ClFN3O2/c17-12-9-19-16(20-10-12)23-14-4-6-21(7-5-14)15(22)11-2-1-3-13(18)8-11/h1-3,8-10,14H,4-7H2. The van der Waals surface area contributed by atoms with E-state index in [2.05, 4.69) is 9.97 Å². The number of amides is 1. The minimum Gasteiger partial charge on any atom is -0.460 e. The van der Waals surface area contributed by atoms with Crippen molar-refractivity contribution in [2.24, 2.45) is 0 Å². The van der Waals surface area contributed by atoms with Gasteiger partial charge in [-0.3, -0.25) is 4.79 Å². The molecule has 0 spiro atoms. The maximum atomic E-state index is 13.2. The average Bonchev–Trinajstić information content (AvgIpc) is 2.57. The van der Waals surface area contributed by atoms with E-state index < -0.39 is 5.82 Å². The monoisotopic (exact) mass is 335 g/mol. The van der Waals surface area contributed by atoms with E-state index in [0.717, 1.165) is 0 Å². The Balaban J connectivity index is 1.55. The number of hydrogen-bond donors (Lipinski definition) is 0. The molecule has 7 heteroatoms. The zero-order valence-corrected chi connectivity index (χ0v) is 13.0. The van der Waals surface area contributed by atoms with Crippen molar-refractivity contribution in [2.75, 3.05) is 13.1 Å². The quantitative estimate of drug-likeness (QED) is 0.865. The first-order valence-electron chi connectivity index (χ1n) is 7.31. The first kappa shape index (κ1) is 15.7. The van der Waals surface area contributed by atoms with E-state index in [0.29, 0.717) is 36.5 Å². The Labute approximate surface area is 138 Å². The third-order valence-corrected chi connectivity index (χ3v) is 3.86. The van der Waals surface area contributed by atoms with Gasteiger partial charge in [0.05, 0.1) is 17.4 Å². The molecule has 1 aliphatic rings. The number of carbonyl (C=O) groups is 1. The molecule has 1 fully saturated rings. The molecule has 120 valence electrons. The van der Waals surface area contributed by atoms with Gasteiger partial charge >= 0.3 is 6.01 Å². The van der Waals surface area contributed by atoms with Gasteiger partial charge in [-0.25, -0.2) is 14.4 Å². The zero-order chi connectivity index (χ0) is 16.2. The van der Waals surface area contributed by atoms with Crippen molar-refractivity contribution in [2.45, 2.75) is 18.9 Å². The molecular weight excluding hydrogens is 321 g/mol. The predicted molar refractivity (Wildman–Crippen MR) is 83.0 cm³/mol. The van der Waals surface area contributed by atoms with Gasteiger partial charge in [-0.1, -0.05) is 17.7 Å². The van der Waals surface area contributed by atoms with E-state index in [1.54, 1.807) is 11.0 Å². The van der Waals surface area contributed by atoms with E-state index in [1.165, 1.54) is 30.6 Å². The second-order valence-corrected chi connectivity index (χ2v) is 5.74. The predicted octanol–water partition coefficient (Wildman–Crippen LogP) is 2.95. The highest BCUT2D eigenvalue weighted by atomic mass is 35.5. The van der Waals surface area contributed by atoms with Crippen molar-refractivity contribution in [3.8, 4) is 6.01 Å². The number of rotatable bonds is 3. The third kappa shape index (κ3) is 3.96. The van der Waals surface area contributed by atoms with Crippen LogP contribution < -0.4 is 4.74 Å². The summed E-state index contributed by atoms with van der Waals surface area (Å²) in [5.41, 5.74) is 0.366. The summed E-state index contributed by atoms with van der Waals surface area (Å²) in [6.07, 6.45) is 4.26. The van der Waals surface area contributed by atoms with Crippen LogP contribution in [0, 0.1) is 5.82 Å². The maximum Gasteiger partial charge on any atom is 0.316 e. The number of likely N-dealkylation sites (tertiary alicyclic amines) is 1. The molecule has 1 saturated heterocycles. The van der Waals surface area contributed by atoms with Crippen molar-refractivity contribution in [3.63, 3.8) is 0 Å². The molecule has 0 bridgehead atoms. The molecule has 0 atom stereocenters. The van der Waals surface area contributed by atoms with Gasteiger partial charge in [-0.2, -0.15) is 0 Å². The molecule has 2 heterocycles. The van der Waals surface area contributed by atoms with Crippen LogP contribution in [0.4, 0.5) is 4.39 Å². The lowest BCUT2D eigenvalue weighted by molar-refractivity contribution is 0.0578. The van der Waals surface area contributed by atoms with Crippen LogP contribution in [0.3, 0.4) is 0 Å². The molecule has 1 aromatic carbocycles. The highest BCUT2D eigenvalue weighted by molar-refractivity contribution is 6.30. The normalized spacial score (nSPS) is 15.5. The molecule has 5 nitrogen and oxygen atoms in total. The van der Waals surface area contributed by atoms with E-state index in [1.807, 2.05) is 0 Å². The van der Waals surface area contributed by atoms with Gasteiger partial charge in [0.1, 0.15) is 11.9 Å². The van der Waals surface area contributed by atoms with Crippen LogP contribution in [0.2, 0.25) is 5.02 Å². The van der Waals surface area contributed by atoms with E-state index >= 15 is 0 Å². The summed E-state index contributed by atoms with van der Waals surface area (Å²) in [6, 6.07) is 6.02. The summed E-state index contributed by atoms with van der Waals surface area (Å²) in [4.78, 5) is 22.0. The molecule has 0 aliphatic carbocycles. The van der Waals surface area contributed by atoms with Gasteiger partial charge < -0.3 is 9.64 Å². The number of carbonyl (C=O) groups excluding carboxylic acids is 1. The fraction of sp³-hybridized carbons (Fsp3) is 0.312. The Bertz CT molecular complexity index is 688. The van der Waals surface area contributed by atoms with E-state index in [-0.39, 0.29) is 18.0 Å². The molecule has 1 amide bonds. The average molecular weight is 336 g/mol. The van der Waals surface area contributed by atoms with E-state index in [9.17, 15) is 9.18 Å². The molecule has 1 aromatic heterocycles. The summed E-state index contributed by atoms with van der Waals surface area (Å²) < 4.78 is 18.9. The summed E-state index contributed by atoms with van der Waals surface area (Å²) in [7, 11) is 0. The van der Waals surface area contributed by atoms with Crippen LogP contribution >= 0.6 is 11.6 Å². The SMILES string of the molecule is O=C(c1cccc(F)c1)N1CCC(Oc2ncc(Cl)cn2)CC1. The number of aromatic nitrogens is 2. The molecule has 23 heavy (non-hydrogen) atoms. The lowest BCUT2D eigenvalue weighted by Crippen LogP contribution is -2.42. The third-order valence-electron chi connectivity index (χ3n) is 3.67. The van der Waals surface area contributed by atoms with Gasteiger partial charge in [0.15, 0.2) is 0 Å². The first-order chi connectivity index (χ1) is 11.1. The van der Waals surface area contributed by atoms with Crippen molar-refractivity contribution in [1.29, 1.82) is 0 Å². The van der Waals surface area contributed by atoms with Gasteiger partial charge in [0.2, 0.25) is 0 Å². The molecule has 0 radical (unpaired) electrons. The number of hydrogen-bond acceptors (Lipinski definition) is 4. The van der Waals surface area contributed by atoms with Gasteiger partial charge in [0, 0.05) is 31.5 Å². The Hall–Kier alpha value is -2.21. The fourth-order valence-electron chi connectivity index (χ4n) is 2.49. The highest BCUT2D eigenvalue weighted by Gasteiger charge is 2.25. The highest BCUT2D eigenvalue weighted by Crippen LogP contribution is 2.18. The number of ether oxygens (including phenoxy) is 1. The van der Waals surface area contributed by atoms with Crippen molar-refractivity contribution >= 4 is 17.5 Å². The molecule has 1 aliphatic heterocycles. The Morgan fingerprint density at radius 2 is 1.96 bits per heavy atom. The summed E-state index contributed by atoms with van der Waals surface area (Å²) >= 11 is 5.73. The molecule has 0 saturated carbocycles. The summed E-state index contributed by atoms with van der Waals surface area (Å²) in [5.74, 6) is -0.570. The summed E-state index contributed by atoms with van der Waals surface area (Å²) in [5, 5.41) is 0.452. The molecule has 0 N–H and O–H groups in total.